The van der Waals surface area contributed by atoms with Gasteiger partial charge in [0.15, 0.2) is 5.78 Å². The minimum Gasteiger partial charge on any atom is -0.481 e. The summed E-state index contributed by atoms with van der Waals surface area (Å²) in [4.78, 5) is 40.5. The van der Waals surface area contributed by atoms with Crippen LogP contribution in [0, 0.1) is 17.7 Å². The number of hydrogen-bond donors (Lipinski definition) is 2. The summed E-state index contributed by atoms with van der Waals surface area (Å²) in [7, 11) is 0. The summed E-state index contributed by atoms with van der Waals surface area (Å²) in [6.07, 6.45) is 3.36. The summed E-state index contributed by atoms with van der Waals surface area (Å²) in [5, 5.41) is 11.9. The maximum Gasteiger partial charge on any atom is 0.307 e. The number of aromatic nitrogens is 1. The second-order valence-corrected chi connectivity index (χ2v) is 8.18. The number of nitrogens with one attached hydrogen (secondary N) is 1. The molecule has 33 heavy (non-hydrogen) atoms. The Bertz CT molecular complexity index is 1180. The van der Waals surface area contributed by atoms with Crippen molar-refractivity contribution >= 4 is 23.3 Å². The van der Waals surface area contributed by atoms with E-state index in [0.29, 0.717) is 30.4 Å². The van der Waals surface area contributed by atoms with E-state index in [1.165, 1.54) is 18.3 Å². The van der Waals surface area contributed by atoms with Gasteiger partial charge in [-0.3, -0.25) is 19.4 Å². The van der Waals surface area contributed by atoms with E-state index in [4.69, 9.17) is 0 Å². The number of carbonyl (C=O) groups is 3. The van der Waals surface area contributed by atoms with Crippen molar-refractivity contribution in [3.63, 3.8) is 0 Å². The monoisotopic (exact) mass is 446 g/mol. The molecule has 0 aliphatic heterocycles. The van der Waals surface area contributed by atoms with Crippen molar-refractivity contribution in [1.82, 2.24) is 4.98 Å². The number of pyridine rings is 1. The van der Waals surface area contributed by atoms with E-state index in [9.17, 15) is 23.9 Å². The molecule has 1 heterocycles. The number of benzene rings is 2. The molecule has 7 heteroatoms. The zero-order valence-corrected chi connectivity index (χ0v) is 17.8. The van der Waals surface area contributed by atoms with Crippen molar-refractivity contribution in [3.8, 4) is 11.1 Å². The maximum atomic E-state index is 14.6. The smallest absolute Gasteiger partial charge is 0.307 e. The van der Waals surface area contributed by atoms with Gasteiger partial charge in [0.1, 0.15) is 11.5 Å². The van der Waals surface area contributed by atoms with Gasteiger partial charge in [0.25, 0.3) is 0 Å². The van der Waals surface area contributed by atoms with Crippen molar-refractivity contribution in [3.05, 3.63) is 83.9 Å². The fourth-order valence-electron chi connectivity index (χ4n) is 4.24. The first-order chi connectivity index (χ1) is 15.9. The van der Waals surface area contributed by atoms with E-state index in [2.05, 4.69) is 10.3 Å². The number of ketones is 1. The van der Waals surface area contributed by atoms with Crippen LogP contribution < -0.4 is 5.32 Å². The number of halogens is 1. The predicted molar refractivity (Wildman–Crippen MR) is 121 cm³/mol. The molecule has 168 valence electrons. The lowest BCUT2D eigenvalue weighted by atomic mass is 9.90. The second-order valence-electron chi connectivity index (χ2n) is 8.18. The first kappa shape index (κ1) is 22.3. The van der Waals surface area contributed by atoms with Crippen LogP contribution in [0.2, 0.25) is 0 Å². The van der Waals surface area contributed by atoms with E-state index in [1.807, 2.05) is 30.3 Å². The zero-order valence-electron chi connectivity index (χ0n) is 17.8. The number of nitrogens with zero attached hydrogens (tertiary/aromatic N) is 1. The summed E-state index contributed by atoms with van der Waals surface area (Å²) < 4.78 is 14.6. The highest BCUT2D eigenvalue weighted by molar-refractivity contribution is 5.99. The lowest BCUT2D eigenvalue weighted by Crippen LogP contribution is -2.25. The normalized spacial score (nSPS) is 17.5. The summed E-state index contributed by atoms with van der Waals surface area (Å²) >= 11 is 0. The molecule has 0 bridgehead atoms. The molecular formula is C26H23FN2O4. The Kier molecular flexibility index (Phi) is 6.58. The van der Waals surface area contributed by atoms with E-state index in [0.717, 1.165) is 5.56 Å². The van der Waals surface area contributed by atoms with Crippen molar-refractivity contribution in [1.29, 1.82) is 0 Å². The van der Waals surface area contributed by atoms with Gasteiger partial charge >= 0.3 is 5.97 Å². The Balaban J connectivity index is 1.44. The standard InChI is InChI=1S/C26H23FN2O4/c27-21-14-17(9-11-22(21)29-24(30)13-16-5-2-1-3-6-16)18-10-12-23(28-15-18)25(31)19-7-4-8-20(19)26(32)33/h1-3,5-6,9-12,14-15,19-20H,4,7-8,13H2,(H,29,30)(H,32,33)/t19-,20-/m1/s1. The Hall–Kier alpha value is -3.87. The van der Waals surface area contributed by atoms with Gasteiger partial charge in [0, 0.05) is 17.7 Å². The number of hydrogen-bond acceptors (Lipinski definition) is 4. The highest BCUT2D eigenvalue weighted by atomic mass is 19.1. The van der Waals surface area contributed by atoms with E-state index >= 15 is 0 Å². The molecule has 2 atom stereocenters. The summed E-state index contributed by atoms with van der Waals surface area (Å²) in [6.45, 7) is 0. The van der Waals surface area contributed by atoms with Crippen LogP contribution >= 0.6 is 0 Å². The minimum absolute atomic E-state index is 0.0837. The molecule has 1 fully saturated rings. The van der Waals surface area contributed by atoms with E-state index in [-0.39, 0.29) is 29.5 Å². The highest BCUT2D eigenvalue weighted by Gasteiger charge is 2.38. The van der Waals surface area contributed by atoms with Crippen LogP contribution in [0.4, 0.5) is 10.1 Å². The molecule has 1 saturated carbocycles. The molecule has 2 N–H and O–H groups in total. The summed E-state index contributed by atoms with van der Waals surface area (Å²) in [6, 6.07) is 16.8. The largest absolute Gasteiger partial charge is 0.481 e. The van der Waals surface area contributed by atoms with Crippen LogP contribution in [0.1, 0.15) is 35.3 Å². The molecule has 3 aromatic rings. The molecule has 6 nitrogen and oxygen atoms in total. The van der Waals surface area contributed by atoms with Crippen LogP contribution in [0.15, 0.2) is 66.9 Å². The van der Waals surface area contributed by atoms with Gasteiger partial charge in [0.2, 0.25) is 5.91 Å². The van der Waals surface area contributed by atoms with E-state index < -0.39 is 23.6 Å². The second kappa shape index (κ2) is 9.73. The van der Waals surface area contributed by atoms with Crippen LogP contribution in [0.25, 0.3) is 11.1 Å². The number of amides is 1. The first-order valence-electron chi connectivity index (χ1n) is 10.8. The third-order valence-corrected chi connectivity index (χ3v) is 5.97. The number of carboxylic acids is 1. The number of anilines is 1. The predicted octanol–water partition coefficient (Wildman–Crippen LogP) is 4.75. The Morgan fingerprint density at radius 1 is 0.970 bits per heavy atom. The van der Waals surface area contributed by atoms with E-state index in [1.54, 1.807) is 18.2 Å². The first-order valence-corrected chi connectivity index (χ1v) is 10.8. The van der Waals surface area contributed by atoms with Crippen molar-refractivity contribution in [2.45, 2.75) is 25.7 Å². The van der Waals surface area contributed by atoms with Crippen LogP contribution in [0.3, 0.4) is 0 Å². The number of aliphatic carboxylic acids is 1. The van der Waals surface area contributed by atoms with Crippen molar-refractivity contribution in [2.24, 2.45) is 11.8 Å². The van der Waals surface area contributed by atoms with Crippen LogP contribution in [0.5, 0.6) is 0 Å². The Morgan fingerprint density at radius 2 is 1.70 bits per heavy atom. The van der Waals surface area contributed by atoms with Gasteiger partial charge in [-0.15, -0.1) is 0 Å². The van der Waals surface area contributed by atoms with Gasteiger partial charge in [-0.1, -0.05) is 48.9 Å². The SMILES string of the molecule is O=C(Cc1ccccc1)Nc1ccc(-c2ccc(C(=O)[C@@H]3CCC[C@H]3C(=O)O)nc2)cc1F. The van der Waals surface area contributed by atoms with Crippen molar-refractivity contribution in [2.75, 3.05) is 5.32 Å². The average molecular weight is 446 g/mol. The number of rotatable bonds is 7. The maximum absolute atomic E-state index is 14.6. The molecular weight excluding hydrogens is 423 g/mol. The van der Waals surface area contributed by atoms with Gasteiger partial charge < -0.3 is 10.4 Å². The van der Waals surface area contributed by atoms with Crippen LogP contribution in [-0.2, 0) is 16.0 Å². The molecule has 1 aliphatic carbocycles. The molecule has 1 amide bonds. The third kappa shape index (κ3) is 5.14. The third-order valence-electron chi connectivity index (χ3n) is 5.97. The topological polar surface area (TPSA) is 96.4 Å². The van der Waals surface area contributed by atoms with Crippen molar-refractivity contribution < 1.29 is 23.9 Å². The molecule has 2 aromatic carbocycles. The van der Waals surface area contributed by atoms with Crippen LogP contribution in [-0.4, -0.2) is 27.8 Å². The molecule has 4 rings (SSSR count). The van der Waals surface area contributed by atoms with Gasteiger partial charge in [0.05, 0.1) is 18.0 Å². The highest BCUT2D eigenvalue weighted by Crippen LogP contribution is 2.34. The number of carboxylic acid groups (broad SMARTS) is 1. The van der Waals surface area contributed by atoms with Gasteiger partial charge in [-0.2, -0.15) is 0 Å². The Labute approximate surface area is 190 Å². The average Bonchev–Trinajstić information content (AvgIpc) is 3.31. The fraction of sp³-hybridized carbons (Fsp3) is 0.231. The fourth-order valence-corrected chi connectivity index (χ4v) is 4.24. The number of carbonyl (C=O) groups excluding carboxylic acids is 2. The quantitative estimate of drug-likeness (QED) is 0.511. The van der Waals surface area contributed by atoms with Gasteiger partial charge in [-0.05, 0) is 42.2 Å². The summed E-state index contributed by atoms with van der Waals surface area (Å²) in [5.74, 6) is -3.34. The molecule has 1 aliphatic rings. The Morgan fingerprint density at radius 3 is 2.36 bits per heavy atom. The molecule has 0 saturated heterocycles. The molecule has 0 radical (unpaired) electrons. The molecule has 0 spiro atoms. The lowest BCUT2D eigenvalue weighted by molar-refractivity contribution is -0.142. The minimum atomic E-state index is -0.950. The molecule has 1 aromatic heterocycles. The van der Waals surface area contributed by atoms with Gasteiger partial charge in [-0.25, -0.2) is 4.39 Å². The lowest BCUT2D eigenvalue weighted by Gasteiger charge is -2.14. The summed E-state index contributed by atoms with van der Waals surface area (Å²) in [5.41, 5.74) is 2.28. The molecule has 0 unspecified atom stereocenters. The number of Topliss-reactive ketones (excluding diaryl/α,β-unsaturated/α-hetero) is 1. The zero-order chi connectivity index (χ0) is 23.4.